The number of nitro benzene ring substituents is 1. The molecule has 37 heavy (non-hydrogen) atoms. The second kappa shape index (κ2) is 11.7. The number of nitro groups is 1. The van der Waals surface area contributed by atoms with Gasteiger partial charge in [-0.25, -0.2) is 0 Å². The van der Waals surface area contributed by atoms with Crippen molar-refractivity contribution in [2.24, 2.45) is 0 Å². The fraction of sp³-hybridized carbons (Fsp3) is 0.393. The molecule has 1 saturated heterocycles. The third kappa shape index (κ3) is 6.82. The van der Waals surface area contributed by atoms with Gasteiger partial charge in [0.05, 0.1) is 24.2 Å². The predicted octanol–water partition coefficient (Wildman–Crippen LogP) is 4.66. The molecule has 3 aromatic rings. The van der Waals surface area contributed by atoms with Crippen LogP contribution >= 0.6 is 0 Å². The summed E-state index contributed by atoms with van der Waals surface area (Å²) in [6.07, 6.45) is 2.69. The van der Waals surface area contributed by atoms with Crippen molar-refractivity contribution >= 4 is 17.3 Å². The lowest BCUT2D eigenvalue weighted by Crippen LogP contribution is -2.17. The van der Waals surface area contributed by atoms with Crippen LogP contribution in [0.3, 0.4) is 0 Å². The molecule has 0 spiro atoms. The number of rotatable bonds is 10. The van der Waals surface area contributed by atoms with Gasteiger partial charge < -0.3 is 24.3 Å². The van der Waals surface area contributed by atoms with Crippen molar-refractivity contribution in [1.29, 1.82) is 0 Å². The lowest BCUT2D eigenvalue weighted by atomic mass is 9.93. The molecule has 4 rings (SSSR count). The number of hydrogen-bond donors (Lipinski definition) is 1. The van der Waals surface area contributed by atoms with Gasteiger partial charge in [-0.2, -0.15) is 0 Å². The summed E-state index contributed by atoms with van der Waals surface area (Å²) in [4.78, 5) is 27.8. The zero-order valence-electron chi connectivity index (χ0n) is 21.8. The highest BCUT2D eigenvalue weighted by Crippen LogP contribution is 2.32. The minimum atomic E-state index is -0.397. The average molecular weight is 507 g/mol. The predicted molar refractivity (Wildman–Crippen MR) is 143 cm³/mol. The van der Waals surface area contributed by atoms with Gasteiger partial charge in [-0.3, -0.25) is 14.9 Å². The van der Waals surface area contributed by atoms with Gasteiger partial charge in [0.2, 0.25) is 5.91 Å². The summed E-state index contributed by atoms with van der Waals surface area (Å²) in [5.74, 6) is 0.735. The van der Waals surface area contributed by atoms with Crippen LogP contribution in [0.1, 0.15) is 34.8 Å². The summed E-state index contributed by atoms with van der Waals surface area (Å²) in [7, 11) is 7.88. The Kier molecular flexibility index (Phi) is 8.38. The van der Waals surface area contributed by atoms with Gasteiger partial charge >= 0.3 is 0 Å². The van der Waals surface area contributed by atoms with Crippen molar-refractivity contribution in [2.45, 2.75) is 31.8 Å². The number of nitrogens with zero attached hydrogens (tertiary/aromatic N) is 3. The van der Waals surface area contributed by atoms with Crippen LogP contribution < -0.4 is 5.32 Å². The SMILES string of the molecule is CN(C)Cc1cc([N+](=O)[O-])ccc1-c1coc(CC(=O)Nc2ccc(C3CCOC3)c(CN(C)C)c2)c1. The van der Waals surface area contributed by atoms with Gasteiger partial charge in [0.15, 0.2) is 0 Å². The van der Waals surface area contributed by atoms with Gasteiger partial charge in [0, 0.05) is 49.0 Å². The Hall–Kier alpha value is -3.53. The molecule has 1 aliphatic rings. The van der Waals surface area contributed by atoms with E-state index >= 15 is 0 Å². The Balaban J connectivity index is 1.48. The zero-order chi connectivity index (χ0) is 26.5. The van der Waals surface area contributed by atoms with E-state index in [0.29, 0.717) is 18.2 Å². The second-order valence-electron chi connectivity index (χ2n) is 10.1. The van der Waals surface area contributed by atoms with Crippen molar-refractivity contribution in [2.75, 3.05) is 46.7 Å². The van der Waals surface area contributed by atoms with Crippen LogP contribution in [0.4, 0.5) is 11.4 Å². The number of nitrogens with one attached hydrogen (secondary N) is 1. The molecule has 0 aliphatic carbocycles. The van der Waals surface area contributed by atoms with Crippen molar-refractivity contribution in [3.8, 4) is 11.1 Å². The van der Waals surface area contributed by atoms with Crippen LogP contribution in [-0.4, -0.2) is 62.0 Å². The summed E-state index contributed by atoms with van der Waals surface area (Å²) >= 11 is 0. The molecule has 0 radical (unpaired) electrons. The van der Waals surface area contributed by atoms with Crippen molar-refractivity contribution < 1.29 is 18.9 Å². The molecule has 1 unspecified atom stereocenters. The Morgan fingerprint density at radius 3 is 2.49 bits per heavy atom. The standard InChI is InChI=1S/C28H34N4O5/c1-30(2)15-20-11-23(5-7-26(20)19-9-10-36-17-19)29-28(33)14-25-13-22(18-37-25)27-8-6-24(32(34)35)12-21(27)16-31(3)4/h5-8,11-13,18-19H,9-10,14-17H2,1-4H3,(H,29,33). The van der Waals surface area contributed by atoms with Crippen molar-refractivity contribution in [3.63, 3.8) is 0 Å². The molecule has 1 fully saturated rings. The van der Waals surface area contributed by atoms with Crippen LogP contribution in [0.15, 0.2) is 53.1 Å². The Morgan fingerprint density at radius 2 is 1.81 bits per heavy atom. The van der Waals surface area contributed by atoms with Gasteiger partial charge in [0.25, 0.3) is 5.69 Å². The monoisotopic (exact) mass is 506 g/mol. The molecule has 1 aliphatic heterocycles. The van der Waals surface area contributed by atoms with E-state index in [9.17, 15) is 14.9 Å². The Bertz CT molecular complexity index is 1260. The highest BCUT2D eigenvalue weighted by Gasteiger charge is 2.21. The van der Waals surface area contributed by atoms with Crippen molar-refractivity contribution in [1.82, 2.24) is 9.80 Å². The van der Waals surface area contributed by atoms with Gasteiger partial charge in [0.1, 0.15) is 5.76 Å². The first-order chi connectivity index (χ1) is 17.7. The van der Waals surface area contributed by atoms with E-state index in [1.165, 1.54) is 17.2 Å². The quantitative estimate of drug-likeness (QED) is 0.315. The molecular formula is C28H34N4O5. The summed E-state index contributed by atoms with van der Waals surface area (Å²) in [5, 5.41) is 14.2. The van der Waals surface area contributed by atoms with Crippen molar-refractivity contribution in [3.05, 3.63) is 81.3 Å². The molecular weight excluding hydrogens is 472 g/mol. The first-order valence-electron chi connectivity index (χ1n) is 12.3. The maximum Gasteiger partial charge on any atom is 0.269 e. The maximum absolute atomic E-state index is 12.9. The van der Waals surface area contributed by atoms with E-state index in [1.54, 1.807) is 18.4 Å². The molecule has 1 N–H and O–H groups in total. The summed E-state index contributed by atoms with van der Waals surface area (Å²) < 4.78 is 11.3. The second-order valence-corrected chi connectivity index (χ2v) is 10.1. The number of furan rings is 1. The van der Waals surface area contributed by atoms with E-state index in [0.717, 1.165) is 48.6 Å². The van der Waals surface area contributed by atoms with E-state index in [4.69, 9.17) is 9.15 Å². The van der Waals surface area contributed by atoms with Crippen LogP contribution in [0.25, 0.3) is 11.1 Å². The fourth-order valence-corrected chi connectivity index (χ4v) is 4.76. The Labute approximate surface area is 217 Å². The Morgan fingerprint density at radius 1 is 1.05 bits per heavy atom. The van der Waals surface area contributed by atoms with Crippen LogP contribution in [0, 0.1) is 10.1 Å². The molecule has 0 saturated carbocycles. The number of amides is 1. The van der Waals surface area contributed by atoms with Crippen LogP contribution in [-0.2, 0) is 29.0 Å². The van der Waals surface area contributed by atoms with Crippen LogP contribution in [0.5, 0.6) is 0 Å². The number of hydrogen-bond acceptors (Lipinski definition) is 7. The molecule has 9 nitrogen and oxygen atoms in total. The summed E-state index contributed by atoms with van der Waals surface area (Å²) in [6, 6.07) is 12.7. The molecule has 0 bridgehead atoms. The van der Waals surface area contributed by atoms with Crippen LogP contribution in [0.2, 0.25) is 0 Å². The first kappa shape index (κ1) is 26.5. The van der Waals surface area contributed by atoms with E-state index < -0.39 is 4.92 Å². The molecule has 1 atom stereocenters. The van der Waals surface area contributed by atoms with Gasteiger partial charge in [-0.15, -0.1) is 0 Å². The minimum Gasteiger partial charge on any atom is -0.468 e. The lowest BCUT2D eigenvalue weighted by Gasteiger charge is -2.19. The largest absolute Gasteiger partial charge is 0.468 e. The minimum absolute atomic E-state index is 0.0452. The highest BCUT2D eigenvalue weighted by atomic mass is 16.6. The molecule has 1 aromatic heterocycles. The fourth-order valence-electron chi connectivity index (χ4n) is 4.76. The molecule has 196 valence electrons. The van der Waals surface area contributed by atoms with Gasteiger partial charge in [-0.05, 0) is 81.1 Å². The summed E-state index contributed by atoms with van der Waals surface area (Å²) in [6.45, 7) is 2.84. The number of ether oxygens (including phenoxy) is 1. The van der Waals surface area contributed by atoms with Gasteiger partial charge in [-0.1, -0.05) is 6.07 Å². The average Bonchev–Trinajstić information content (AvgIpc) is 3.51. The third-order valence-electron chi connectivity index (χ3n) is 6.37. The molecule has 2 heterocycles. The topological polar surface area (TPSA) is 101 Å². The normalized spacial score (nSPS) is 15.5. The lowest BCUT2D eigenvalue weighted by molar-refractivity contribution is -0.384. The zero-order valence-corrected chi connectivity index (χ0v) is 21.8. The number of carbonyl (C=O) groups excluding carboxylic acids is 1. The molecule has 9 heteroatoms. The first-order valence-corrected chi connectivity index (χ1v) is 12.3. The van der Waals surface area contributed by atoms with E-state index in [-0.39, 0.29) is 18.0 Å². The summed E-state index contributed by atoms with van der Waals surface area (Å²) in [5.41, 5.74) is 5.70. The van der Waals surface area contributed by atoms with E-state index in [1.807, 2.05) is 51.3 Å². The maximum atomic E-state index is 12.9. The number of carbonyl (C=O) groups is 1. The number of non-ortho nitro benzene ring substituents is 1. The molecule has 2 aromatic carbocycles. The highest BCUT2D eigenvalue weighted by molar-refractivity contribution is 5.92. The smallest absolute Gasteiger partial charge is 0.269 e. The number of anilines is 1. The molecule has 1 amide bonds. The third-order valence-corrected chi connectivity index (χ3v) is 6.37. The number of benzene rings is 2. The van der Waals surface area contributed by atoms with E-state index in [2.05, 4.69) is 16.3 Å².